The zero-order valence-corrected chi connectivity index (χ0v) is 24.5. The van der Waals surface area contributed by atoms with E-state index in [2.05, 4.69) is 10.5 Å². The summed E-state index contributed by atoms with van der Waals surface area (Å²) in [7, 11) is -4.15. The van der Waals surface area contributed by atoms with E-state index in [1.54, 1.807) is 43.3 Å². The number of nitrogens with one attached hydrogen (secondary N) is 1. The molecule has 1 N–H and O–H groups in total. The highest BCUT2D eigenvalue weighted by Gasteiger charge is 2.22. The molecule has 0 heterocycles. The fourth-order valence-corrected chi connectivity index (χ4v) is 5.03. The van der Waals surface area contributed by atoms with Crippen LogP contribution in [0.4, 0.5) is 0 Å². The van der Waals surface area contributed by atoms with Crippen molar-refractivity contribution >= 4 is 33.8 Å². The highest BCUT2D eigenvalue weighted by Crippen LogP contribution is 2.38. The molecule has 0 bridgehead atoms. The third-order valence-electron chi connectivity index (χ3n) is 5.68. The number of hydrogen-bond donors (Lipinski definition) is 1. The number of amides is 1. The summed E-state index contributed by atoms with van der Waals surface area (Å²) in [5, 5.41) is 4.00. The molecule has 0 unspecified atom stereocenters. The number of carbonyl (C=O) groups is 1. The Morgan fingerprint density at radius 1 is 0.833 bits per heavy atom. The molecule has 0 saturated heterocycles. The summed E-state index contributed by atoms with van der Waals surface area (Å²) < 4.78 is 48.0. The number of hydrogen-bond acceptors (Lipinski definition) is 8. The Kier molecular flexibility index (Phi) is 10.4. The van der Waals surface area contributed by atoms with Crippen LogP contribution in [0.3, 0.4) is 0 Å². The summed E-state index contributed by atoms with van der Waals surface area (Å²) in [6.45, 7) is 4.54. The molecule has 0 aromatic heterocycles. The lowest BCUT2D eigenvalue weighted by Crippen LogP contribution is -2.18. The summed E-state index contributed by atoms with van der Waals surface area (Å²) in [4.78, 5) is 12.8. The van der Waals surface area contributed by atoms with E-state index in [9.17, 15) is 13.2 Å². The van der Waals surface area contributed by atoms with Crippen LogP contribution in [-0.2, 0) is 16.7 Å². The minimum Gasteiger partial charge on any atom is -0.490 e. The lowest BCUT2D eigenvalue weighted by molar-refractivity contribution is 0.0954. The van der Waals surface area contributed by atoms with E-state index >= 15 is 0 Å². The Labute approximate surface area is 249 Å². The third-order valence-corrected chi connectivity index (χ3v) is 7.20. The van der Waals surface area contributed by atoms with Gasteiger partial charge in [0.1, 0.15) is 11.5 Å². The lowest BCUT2D eigenvalue weighted by atomic mass is 10.2. The van der Waals surface area contributed by atoms with Crippen LogP contribution < -0.4 is 23.8 Å². The molecule has 0 fully saturated rings. The van der Waals surface area contributed by atoms with Gasteiger partial charge in [-0.1, -0.05) is 60.1 Å². The molecule has 0 aliphatic heterocycles. The number of ether oxygens (including phenoxy) is 3. The number of rotatable bonds is 13. The van der Waals surface area contributed by atoms with Crippen LogP contribution in [0.15, 0.2) is 101 Å². The largest absolute Gasteiger partial charge is 0.490 e. The van der Waals surface area contributed by atoms with Crippen molar-refractivity contribution in [3.05, 3.63) is 113 Å². The summed E-state index contributed by atoms with van der Waals surface area (Å²) >= 11 is 6.38. The fraction of sp³-hybridized carbons (Fsp3) is 0.161. The van der Waals surface area contributed by atoms with E-state index in [-0.39, 0.29) is 28.0 Å². The van der Waals surface area contributed by atoms with Crippen molar-refractivity contribution in [2.75, 3.05) is 13.2 Å². The topological polar surface area (TPSA) is 113 Å². The first kappa shape index (κ1) is 30.4. The minimum absolute atomic E-state index is 0.0133. The van der Waals surface area contributed by atoms with Gasteiger partial charge in [0.05, 0.1) is 24.5 Å². The minimum atomic E-state index is -4.15. The summed E-state index contributed by atoms with van der Waals surface area (Å²) in [5.41, 5.74) is 4.21. The molecule has 0 aliphatic rings. The predicted molar refractivity (Wildman–Crippen MR) is 160 cm³/mol. The quantitative estimate of drug-likeness (QED) is 0.108. The molecule has 0 radical (unpaired) electrons. The SMILES string of the molecule is CCOc1cc(C(=O)N/N=C/c2cc(Cl)c(OS(=O)(=O)c3ccccc3)c(OCC)c2)ccc1OCc1ccccc1. The second-order valence-electron chi connectivity index (χ2n) is 8.68. The van der Waals surface area contributed by atoms with Crippen LogP contribution in [0.1, 0.15) is 35.3 Å². The standard InChI is InChI=1S/C31H29ClN2O7S/c1-3-38-28-19-24(15-16-27(28)40-21-22-11-7-5-8-12-22)31(35)34-33-20-23-17-26(32)30(29(18-23)39-4-2)41-42(36,37)25-13-9-6-10-14-25/h5-20H,3-4,21H2,1-2H3,(H,34,35)/b33-20+. The van der Waals surface area contributed by atoms with Crippen LogP contribution in [-0.4, -0.2) is 33.8 Å². The first-order chi connectivity index (χ1) is 20.3. The van der Waals surface area contributed by atoms with E-state index in [0.29, 0.717) is 35.8 Å². The molecule has 11 heteroatoms. The average molecular weight is 609 g/mol. The predicted octanol–water partition coefficient (Wildman–Crippen LogP) is 6.25. The van der Waals surface area contributed by atoms with E-state index in [1.165, 1.54) is 30.5 Å². The van der Waals surface area contributed by atoms with Crippen molar-refractivity contribution in [1.29, 1.82) is 0 Å². The van der Waals surface area contributed by atoms with Crippen LogP contribution in [0.2, 0.25) is 5.02 Å². The second-order valence-corrected chi connectivity index (χ2v) is 10.6. The van der Waals surface area contributed by atoms with Crippen molar-refractivity contribution in [3.63, 3.8) is 0 Å². The Morgan fingerprint density at radius 2 is 1.50 bits per heavy atom. The molecule has 0 atom stereocenters. The van der Waals surface area contributed by atoms with Crippen molar-refractivity contribution in [2.24, 2.45) is 5.10 Å². The molecule has 0 spiro atoms. The van der Waals surface area contributed by atoms with Crippen molar-refractivity contribution in [2.45, 2.75) is 25.3 Å². The highest BCUT2D eigenvalue weighted by molar-refractivity contribution is 7.87. The van der Waals surface area contributed by atoms with Crippen LogP contribution in [0.5, 0.6) is 23.0 Å². The summed E-state index contributed by atoms with van der Waals surface area (Å²) in [6, 6.07) is 25.2. The van der Waals surface area contributed by atoms with E-state index in [1.807, 2.05) is 37.3 Å². The van der Waals surface area contributed by atoms with Gasteiger partial charge < -0.3 is 18.4 Å². The van der Waals surface area contributed by atoms with Gasteiger partial charge in [-0.2, -0.15) is 13.5 Å². The van der Waals surface area contributed by atoms with Gasteiger partial charge in [-0.25, -0.2) is 5.43 Å². The summed E-state index contributed by atoms with van der Waals surface area (Å²) in [6.07, 6.45) is 1.35. The molecular formula is C31H29ClN2O7S. The van der Waals surface area contributed by atoms with Gasteiger partial charge in [-0.3, -0.25) is 4.79 Å². The maximum absolute atomic E-state index is 12.8. The normalized spacial score (nSPS) is 11.2. The molecule has 9 nitrogen and oxygen atoms in total. The Bertz CT molecular complexity index is 1650. The molecule has 1 amide bonds. The van der Waals surface area contributed by atoms with Gasteiger partial charge >= 0.3 is 10.1 Å². The first-order valence-corrected chi connectivity index (χ1v) is 14.8. The Morgan fingerprint density at radius 3 is 2.19 bits per heavy atom. The number of hydrazone groups is 1. The van der Waals surface area contributed by atoms with Gasteiger partial charge in [0.15, 0.2) is 17.2 Å². The van der Waals surface area contributed by atoms with Gasteiger partial charge in [-0.05, 0) is 67.4 Å². The van der Waals surface area contributed by atoms with Crippen molar-refractivity contribution in [3.8, 4) is 23.0 Å². The van der Waals surface area contributed by atoms with E-state index in [4.69, 9.17) is 30.0 Å². The van der Waals surface area contributed by atoms with Crippen molar-refractivity contribution < 1.29 is 31.6 Å². The van der Waals surface area contributed by atoms with Gasteiger partial charge in [0.25, 0.3) is 5.91 Å². The highest BCUT2D eigenvalue weighted by atomic mass is 35.5. The summed E-state index contributed by atoms with van der Waals surface area (Å²) in [5.74, 6) is 0.410. The second kappa shape index (κ2) is 14.4. The third kappa shape index (κ3) is 8.02. The average Bonchev–Trinajstić information content (AvgIpc) is 2.99. The first-order valence-electron chi connectivity index (χ1n) is 13.0. The molecule has 4 aromatic rings. The van der Waals surface area contributed by atoms with Crippen LogP contribution >= 0.6 is 11.6 Å². The van der Waals surface area contributed by atoms with Crippen LogP contribution in [0.25, 0.3) is 0 Å². The maximum Gasteiger partial charge on any atom is 0.339 e. The molecule has 4 rings (SSSR count). The number of benzene rings is 4. The van der Waals surface area contributed by atoms with E-state index < -0.39 is 16.0 Å². The molecular weight excluding hydrogens is 580 g/mol. The zero-order valence-electron chi connectivity index (χ0n) is 23.0. The zero-order chi connectivity index (χ0) is 30.0. The van der Waals surface area contributed by atoms with Crippen molar-refractivity contribution in [1.82, 2.24) is 5.43 Å². The maximum atomic E-state index is 12.8. The molecule has 42 heavy (non-hydrogen) atoms. The monoisotopic (exact) mass is 608 g/mol. The number of halogens is 1. The van der Waals surface area contributed by atoms with Gasteiger partial charge in [0.2, 0.25) is 5.75 Å². The smallest absolute Gasteiger partial charge is 0.339 e. The molecule has 218 valence electrons. The van der Waals surface area contributed by atoms with Crippen LogP contribution in [0, 0.1) is 0 Å². The van der Waals surface area contributed by atoms with Gasteiger partial charge in [0, 0.05) is 5.56 Å². The van der Waals surface area contributed by atoms with Gasteiger partial charge in [-0.15, -0.1) is 0 Å². The lowest BCUT2D eigenvalue weighted by Gasteiger charge is -2.14. The number of carbonyl (C=O) groups excluding carboxylic acids is 1. The fourth-order valence-electron chi connectivity index (χ4n) is 3.75. The Hall–Kier alpha value is -4.54. The number of nitrogens with zero attached hydrogens (tertiary/aromatic N) is 1. The van der Waals surface area contributed by atoms with E-state index in [0.717, 1.165) is 5.56 Å². The molecule has 0 aliphatic carbocycles. The molecule has 4 aromatic carbocycles. The Balaban J connectivity index is 1.47. The molecule has 0 saturated carbocycles.